The van der Waals surface area contributed by atoms with Gasteiger partial charge in [0, 0.05) is 0 Å². The zero-order valence-electron chi connectivity index (χ0n) is 6.82. The molecule has 0 N–H and O–H groups in total. The van der Waals surface area contributed by atoms with Crippen molar-refractivity contribution < 1.29 is 4.74 Å². The Balaban J connectivity index is 2.68. The van der Waals surface area contributed by atoms with Gasteiger partial charge in [-0.3, -0.25) is 4.98 Å². The minimum Gasteiger partial charge on any atom is -0.477 e. The molecular formula is C8H9N3O. The number of ether oxygens (including phenoxy) is 1. The SMILES string of the molecule is CCCOc1cncc(C#N)n1. The standard InChI is InChI=1S/C8H9N3O/c1-2-3-12-8-6-10-5-7(4-9)11-8/h5-6H,2-3H2,1H3. The average Bonchev–Trinajstić information content (AvgIpc) is 2.15. The molecule has 4 heteroatoms. The van der Waals surface area contributed by atoms with E-state index < -0.39 is 0 Å². The molecule has 0 unspecified atom stereocenters. The van der Waals surface area contributed by atoms with Crippen LogP contribution in [0.3, 0.4) is 0 Å². The Kier molecular flexibility index (Phi) is 3.03. The molecule has 0 fully saturated rings. The Hall–Kier alpha value is -1.63. The van der Waals surface area contributed by atoms with Gasteiger partial charge in [0.1, 0.15) is 6.07 Å². The quantitative estimate of drug-likeness (QED) is 0.670. The third-order valence-corrected chi connectivity index (χ3v) is 1.18. The van der Waals surface area contributed by atoms with Gasteiger partial charge < -0.3 is 4.74 Å². The molecule has 1 aromatic heterocycles. The van der Waals surface area contributed by atoms with E-state index in [9.17, 15) is 0 Å². The number of aromatic nitrogens is 2. The Labute approximate surface area is 70.8 Å². The van der Waals surface area contributed by atoms with Gasteiger partial charge in [0.05, 0.1) is 19.0 Å². The van der Waals surface area contributed by atoms with Crippen LogP contribution in [0.15, 0.2) is 12.4 Å². The van der Waals surface area contributed by atoms with Gasteiger partial charge in [0.25, 0.3) is 0 Å². The van der Waals surface area contributed by atoms with Crippen LogP contribution in [0.2, 0.25) is 0 Å². The van der Waals surface area contributed by atoms with Gasteiger partial charge in [-0.25, -0.2) is 0 Å². The van der Waals surface area contributed by atoms with Crippen LogP contribution in [-0.2, 0) is 0 Å². The van der Waals surface area contributed by atoms with Crippen LogP contribution >= 0.6 is 0 Å². The van der Waals surface area contributed by atoms with E-state index >= 15 is 0 Å². The van der Waals surface area contributed by atoms with Crippen LogP contribution < -0.4 is 4.74 Å². The van der Waals surface area contributed by atoms with E-state index in [1.807, 2.05) is 13.0 Å². The highest BCUT2D eigenvalue weighted by Gasteiger charge is 1.96. The Morgan fingerprint density at radius 2 is 2.42 bits per heavy atom. The molecule has 0 aliphatic rings. The predicted octanol–water partition coefficient (Wildman–Crippen LogP) is 1.14. The lowest BCUT2D eigenvalue weighted by Gasteiger charge is -2.00. The van der Waals surface area contributed by atoms with Crippen molar-refractivity contribution in [3.8, 4) is 11.9 Å². The predicted molar refractivity (Wildman–Crippen MR) is 42.5 cm³/mol. The highest BCUT2D eigenvalue weighted by molar-refractivity contribution is 5.19. The largest absolute Gasteiger partial charge is 0.477 e. The summed E-state index contributed by atoms with van der Waals surface area (Å²) in [6, 6.07) is 1.89. The zero-order valence-corrected chi connectivity index (χ0v) is 6.82. The molecule has 0 bridgehead atoms. The fourth-order valence-corrected chi connectivity index (χ4v) is 0.678. The van der Waals surface area contributed by atoms with Crippen molar-refractivity contribution in [2.24, 2.45) is 0 Å². The maximum absolute atomic E-state index is 8.48. The second-order valence-electron chi connectivity index (χ2n) is 2.20. The number of hydrogen-bond acceptors (Lipinski definition) is 4. The van der Waals surface area contributed by atoms with Gasteiger partial charge in [0.2, 0.25) is 5.88 Å². The second-order valence-corrected chi connectivity index (χ2v) is 2.20. The molecule has 12 heavy (non-hydrogen) atoms. The summed E-state index contributed by atoms with van der Waals surface area (Å²) in [4.78, 5) is 7.68. The third kappa shape index (κ3) is 2.20. The fourth-order valence-electron chi connectivity index (χ4n) is 0.678. The number of nitriles is 1. The molecule has 0 spiro atoms. The lowest BCUT2D eigenvalue weighted by Crippen LogP contribution is -1.98. The first kappa shape index (κ1) is 8.47. The Morgan fingerprint density at radius 1 is 1.58 bits per heavy atom. The molecule has 0 aliphatic carbocycles. The highest BCUT2D eigenvalue weighted by Crippen LogP contribution is 2.03. The van der Waals surface area contributed by atoms with Crippen molar-refractivity contribution in [2.45, 2.75) is 13.3 Å². The van der Waals surface area contributed by atoms with Crippen LogP contribution in [0.4, 0.5) is 0 Å². The summed E-state index contributed by atoms with van der Waals surface area (Å²) in [6.45, 7) is 2.60. The van der Waals surface area contributed by atoms with Crippen molar-refractivity contribution in [1.29, 1.82) is 5.26 Å². The van der Waals surface area contributed by atoms with Gasteiger partial charge in [-0.2, -0.15) is 10.2 Å². The summed E-state index contributed by atoms with van der Waals surface area (Å²) in [5.74, 6) is 0.413. The first-order valence-electron chi connectivity index (χ1n) is 3.71. The molecular weight excluding hydrogens is 154 g/mol. The maximum Gasteiger partial charge on any atom is 0.233 e. The minimum absolute atomic E-state index is 0.281. The molecule has 4 nitrogen and oxygen atoms in total. The summed E-state index contributed by atoms with van der Waals surface area (Å²) in [6.07, 6.45) is 3.81. The van der Waals surface area contributed by atoms with Crippen molar-refractivity contribution in [1.82, 2.24) is 9.97 Å². The van der Waals surface area contributed by atoms with E-state index in [0.29, 0.717) is 12.5 Å². The fraction of sp³-hybridized carbons (Fsp3) is 0.375. The number of nitrogens with zero attached hydrogens (tertiary/aromatic N) is 3. The van der Waals surface area contributed by atoms with Crippen molar-refractivity contribution >= 4 is 0 Å². The Bertz CT molecular complexity index is 293. The minimum atomic E-state index is 0.281. The normalized spacial score (nSPS) is 9.00. The van der Waals surface area contributed by atoms with E-state index in [2.05, 4.69) is 9.97 Å². The van der Waals surface area contributed by atoms with Crippen LogP contribution in [0.25, 0.3) is 0 Å². The summed E-state index contributed by atoms with van der Waals surface area (Å²) in [5.41, 5.74) is 0.281. The van der Waals surface area contributed by atoms with Gasteiger partial charge in [0.15, 0.2) is 5.69 Å². The lowest BCUT2D eigenvalue weighted by atomic mass is 10.5. The summed E-state index contributed by atoms with van der Waals surface area (Å²) < 4.78 is 5.17. The molecule has 0 aromatic carbocycles. The molecule has 0 saturated carbocycles. The van der Waals surface area contributed by atoms with Crippen molar-refractivity contribution in [3.05, 3.63) is 18.1 Å². The Morgan fingerprint density at radius 3 is 3.08 bits per heavy atom. The highest BCUT2D eigenvalue weighted by atomic mass is 16.5. The van der Waals surface area contributed by atoms with E-state index in [4.69, 9.17) is 10.00 Å². The van der Waals surface area contributed by atoms with Gasteiger partial charge >= 0.3 is 0 Å². The first-order chi connectivity index (χ1) is 5.86. The van der Waals surface area contributed by atoms with E-state index in [-0.39, 0.29) is 5.69 Å². The second kappa shape index (κ2) is 4.29. The summed E-state index contributed by atoms with van der Waals surface area (Å²) >= 11 is 0. The van der Waals surface area contributed by atoms with E-state index in [1.165, 1.54) is 12.4 Å². The van der Waals surface area contributed by atoms with Gasteiger partial charge in [-0.05, 0) is 6.42 Å². The number of rotatable bonds is 3. The molecule has 62 valence electrons. The average molecular weight is 163 g/mol. The molecule has 0 aliphatic heterocycles. The maximum atomic E-state index is 8.48. The lowest BCUT2D eigenvalue weighted by molar-refractivity contribution is 0.303. The first-order valence-corrected chi connectivity index (χ1v) is 3.71. The summed E-state index contributed by atoms with van der Waals surface area (Å²) in [5, 5.41) is 8.48. The molecule has 1 aromatic rings. The van der Waals surface area contributed by atoms with E-state index in [0.717, 1.165) is 6.42 Å². The van der Waals surface area contributed by atoms with Crippen LogP contribution in [0, 0.1) is 11.3 Å². The molecule has 1 rings (SSSR count). The smallest absolute Gasteiger partial charge is 0.233 e. The van der Waals surface area contributed by atoms with Crippen LogP contribution in [0.1, 0.15) is 19.0 Å². The molecule has 0 atom stereocenters. The number of hydrogen-bond donors (Lipinski definition) is 0. The van der Waals surface area contributed by atoms with E-state index in [1.54, 1.807) is 0 Å². The van der Waals surface area contributed by atoms with Gasteiger partial charge in [-0.1, -0.05) is 6.92 Å². The molecule has 1 heterocycles. The van der Waals surface area contributed by atoms with Gasteiger partial charge in [-0.15, -0.1) is 0 Å². The molecule has 0 radical (unpaired) electrons. The topological polar surface area (TPSA) is 58.8 Å². The molecule has 0 saturated heterocycles. The van der Waals surface area contributed by atoms with Crippen molar-refractivity contribution in [3.63, 3.8) is 0 Å². The van der Waals surface area contributed by atoms with Crippen LogP contribution in [-0.4, -0.2) is 16.6 Å². The third-order valence-electron chi connectivity index (χ3n) is 1.18. The molecule has 0 amide bonds. The van der Waals surface area contributed by atoms with Crippen molar-refractivity contribution in [2.75, 3.05) is 6.61 Å². The zero-order chi connectivity index (χ0) is 8.81. The van der Waals surface area contributed by atoms with Crippen LogP contribution in [0.5, 0.6) is 5.88 Å². The summed E-state index contributed by atoms with van der Waals surface area (Å²) in [7, 11) is 0. The monoisotopic (exact) mass is 163 g/mol.